The van der Waals surface area contributed by atoms with Crippen LogP contribution in [0.1, 0.15) is 40.8 Å². The van der Waals surface area contributed by atoms with Gasteiger partial charge in [-0.25, -0.2) is 14.8 Å². The lowest BCUT2D eigenvalue weighted by Gasteiger charge is -2.19. The summed E-state index contributed by atoms with van der Waals surface area (Å²) in [5.41, 5.74) is 2.88. The first-order valence-corrected chi connectivity index (χ1v) is 7.44. The molecule has 1 aliphatic rings. The number of hydrogen-bond acceptors (Lipinski definition) is 4. The lowest BCUT2D eigenvalue weighted by atomic mass is 10.0. The minimum atomic E-state index is -0.927. The molecule has 1 N–H and O–H groups in total. The molecule has 5 heteroatoms. The summed E-state index contributed by atoms with van der Waals surface area (Å²) in [4.78, 5) is 22.5. The van der Waals surface area contributed by atoms with Gasteiger partial charge < -0.3 is 5.11 Å². The van der Waals surface area contributed by atoms with E-state index >= 15 is 0 Å². The third-order valence-electron chi connectivity index (χ3n) is 4.12. The third kappa shape index (κ3) is 2.85. The van der Waals surface area contributed by atoms with Crippen molar-refractivity contribution in [3.8, 4) is 11.3 Å². The number of aromatic carboxylic acids is 1. The lowest BCUT2D eigenvalue weighted by molar-refractivity contribution is 0.0697. The van der Waals surface area contributed by atoms with Crippen LogP contribution in [0.4, 0.5) is 0 Å². The standard InChI is InChI=1S/C17H19N3O2/c1-11-18-14(12-5-3-6-13(9-12)17(21)22)10-15(19-11)16-7-4-8-20(16)2/h3,5-6,9-10,16H,4,7-8H2,1-2H3,(H,21,22)/t16-/m0/s1. The molecule has 0 radical (unpaired) electrons. The molecule has 1 aliphatic heterocycles. The predicted octanol–water partition coefficient (Wildman–Crippen LogP) is 2.92. The SMILES string of the molecule is Cc1nc(-c2cccc(C(=O)O)c2)cc([C@@H]2CCCN2C)n1. The second-order valence-electron chi connectivity index (χ2n) is 5.75. The molecule has 2 aromatic rings. The zero-order valence-corrected chi connectivity index (χ0v) is 12.8. The summed E-state index contributed by atoms with van der Waals surface area (Å²) in [5, 5.41) is 9.13. The van der Waals surface area contributed by atoms with Crippen molar-refractivity contribution in [3.05, 3.63) is 47.4 Å². The van der Waals surface area contributed by atoms with Crippen LogP contribution in [0, 0.1) is 6.92 Å². The van der Waals surface area contributed by atoms with Crippen molar-refractivity contribution in [2.45, 2.75) is 25.8 Å². The molecule has 1 aromatic heterocycles. The van der Waals surface area contributed by atoms with Crippen LogP contribution in [-0.4, -0.2) is 39.5 Å². The Hall–Kier alpha value is -2.27. The minimum Gasteiger partial charge on any atom is -0.478 e. The van der Waals surface area contributed by atoms with Crippen LogP contribution in [0.25, 0.3) is 11.3 Å². The van der Waals surface area contributed by atoms with Gasteiger partial charge >= 0.3 is 5.97 Å². The number of carboxylic acids is 1. The van der Waals surface area contributed by atoms with Crippen LogP contribution in [-0.2, 0) is 0 Å². The van der Waals surface area contributed by atoms with E-state index in [-0.39, 0.29) is 5.56 Å². The Morgan fingerprint density at radius 2 is 2.14 bits per heavy atom. The molecule has 2 heterocycles. The van der Waals surface area contributed by atoms with E-state index in [0.717, 1.165) is 29.9 Å². The van der Waals surface area contributed by atoms with Gasteiger partial charge in [-0.1, -0.05) is 12.1 Å². The molecule has 0 spiro atoms. The van der Waals surface area contributed by atoms with E-state index in [2.05, 4.69) is 21.9 Å². The van der Waals surface area contributed by atoms with Crippen molar-refractivity contribution >= 4 is 5.97 Å². The number of carbonyl (C=O) groups is 1. The fourth-order valence-corrected chi connectivity index (χ4v) is 3.00. The summed E-state index contributed by atoms with van der Waals surface area (Å²) >= 11 is 0. The molecule has 114 valence electrons. The number of carboxylic acid groups (broad SMARTS) is 1. The van der Waals surface area contributed by atoms with Crippen LogP contribution >= 0.6 is 0 Å². The van der Waals surface area contributed by atoms with Gasteiger partial charge in [0.25, 0.3) is 0 Å². The van der Waals surface area contributed by atoms with E-state index < -0.39 is 5.97 Å². The number of aromatic nitrogens is 2. The molecule has 1 saturated heterocycles. The minimum absolute atomic E-state index is 0.272. The first-order chi connectivity index (χ1) is 10.5. The molecule has 1 aromatic carbocycles. The number of likely N-dealkylation sites (tertiary alicyclic amines) is 1. The number of hydrogen-bond donors (Lipinski definition) is 1. The van der Waals surface area contributed by atoms with Gasteiger partial charge in [-0.3, -0.25) is 4.90 Å². The summed E-state index contributed by atoms with van der Waals surface area (Å²) in [6.45, 7) is 2.96. The van der Waals surface area contributed by atoms with E-state index in [4.69, 9.17) is 5.11 Å². The predicted molar refractivity (Wildman–Crippen MR) is 83.8 cm³/mol. The van der Waals surface area contributed by atoms with Crippen LogP contribution < -0.4 is 0 Å². The molecular weight excluding hydrogens is 278 g/mol. The molecule has 3 rings (SSSR count). The van der Waals surface area contributed by atoms with E-state index in [0.29, 0.717) is 11.9 Å². The van der Waals surface area contributed by atoms with E-state index in [1.54, 1.807) is 18.2 Å². The Bertz CT molecular complexity index is 715. The average molecular weight is 297 g/mol. The maximum Gasteiger partial charge on any atom is 0.335 e. The Kier molecular flexibility index (Phi) is 3.90. The van der Waals surface area contributed by atoms with E-state index in [1.165, 1.54) is 6.42 Å². The van der Waals surface area contributed by atoms with Crippen molar-refractivity contribution in [1.29, 1.82) is 0 Å². The molecule has 0 bridgehead atoms. The van der Waals surface area contributed by atoms with Crippen molar-refractivity contribution in [3.63, 3.8) is 0 Å². The summed E-state index contributed by atoms with van der Waals surface area (Å²) in [6.07, 6.45) is 2.27. The Balaban J connectivity index is 2.02. The normalized spacial score (nSPS) is 18.5. The summed E-state index contributed by atoms with van der Waals surface area (Å²) in [7, 11) is 2.11. The average Bonchev–Trinajstić information content (AvgIpc) is 2.93. The highest BCUT2D eigenvalue weighted by molar-refractivity contribution is 5.89. The van der Waals surface area contributed by atoms with Crippen molar-refractivity contribution < 1.29 is 9.90 Å². The van der Waals surface area contributed by atoms with Crippen LogP contribution in [0.15, 0.2) is 30.3 Å². The number of aryl methyl sites for hydroxylation is 1. The first-order valence-electron chi connectivity index (χ1n) is 7.44. The smallest absolute Gasteiger partial charge is 0.335 e. The zero-order valence-electron chi connectivity index (χ0n) is 12.8. The topological polar surface area (TPSA) is 66.3 Å². The summed E-state index contributed by atoms with van der Waals surface area (Å²) in [6, 6.07) is 9.19. The largest absolute Gasteiger partial charge is 0.478 e. The number of nitrogens with zero attached hydrogens (tertiary/aromatic N) is 3. The van der Waals surface area contributed by atoms with Gasteiger partial charge in [-0.2, -0.15) is 0 Å². The maximum atomic E-state index is 11.1. The highest BCUT2D eigenvalue weighted by Crippen LogP contribution is 2.31. The number of benzene rings is 1. The van der Waals surface area contributed by atoms with Gasteiger partial charge in [0.05, 0.1) is 23.0 Å². The van der Waals surface area contributed by atoms with Gasteiger partial charge in [0, 0.05) is 5.56 Å². The van der Waals surface area contributed by atoms with Crippen molar-refractivity contribution in [1.82, 2.24) is 14.9 Å². The molecule has 0 aliphatic carbocycles. The van der Waals surface area contributed by atoms with Gasteiger partial charge in [0.2, 0.25) is 0 Å². The number of rotatable bonds is 3. The molecule has 0 saturated carbocycles. The summed E-state index contributed by atoms with van der Waals surface area (Å²) < 4.78 is 0. The fraction of sp³-hybridized carbons (Fsp3) is 0.353. The van der Waals surface area contributed by atoms with Gasteiger partial charge in [-0.05, 0) is 51.6 Å². The first kappa shape index (κ1) is 14.7. The monoisotopic (exact) mass is 297 g/mol. The van der Waals surface area contributed by atoms with Crippen LogP contribution in [0.2, 0.25) is 0 Å². The van der Waals surface area contributed by atoms with Crippen molar-refractivity contribution in [2.24, 2.45) is 0 Å². The molecule has 1 atom stereocenters. The zero-order chi connectivity index (χ0) is 15.7. The Morgan fingerprint density at radius 1 is 1.32 bits per heavy atom. The fourth-order valence-electron chi connectivity index (χ4n) is 3.00. The second-order valence-corrected chi connectivity index (χ2v) is 5.75. The lowest BCUT2D eigenvalue weighted by Crippen LogP contribution is -2.19. The highest BCUT2D eigenvalue weighted by Gasteiger charge is 2.24. The highest BCUT2D eigenvalue weighted by atomic mass is 16.4. The molecule has 5 nitrogen and oxygen atoms in total. The Labute approximate surface area is 129 Å². The van der Waals surface area contributed by atoms with Crippen LogP contribution in [0.5, 0.6) is 0 Å². The summed E-state index contributed by atoms with van der Waals surface area (Å²) in [5.74, 6) is -0.211. The van der Waals surface area contributed by atoms with Gasteiger partial charge in [-0.15, -0.1) is 0 Å². The Morgan fingerprint density at radius 3 is 2.82 bits per heavy atom. The van der Waals surface area contributed by atoms with E-state index in [9.17, 15) is 4.79 Å². The molecule has 0 amide bonds. The third-order valence-corrected chi connectivity index (χ3v) is 4.12. The quantitative estimate of drug-likeness (QED) is 0.943. The van der Waals surface area contributed by atoms with Gasteiger partial charge in [0.15, 0.2) is 0 Å². The molecule has 22 heavy (non-hydrogen) atoms. The molecule has 1 fully saturated rings. The maximum absolute atomic E-state index is 11.1. The van der Waals surface area contributed by atoms with E-state index in [1.807, 2.05) is 19.1 Å². The molecule has 0 unspecified atom stereocenters. The second kappa shape index (κ2) is 5.85. The molecular formula is C17H19N3O2. The van der Waals surface area contributed by atoms with Crippen LogP contribution in [0.3, 0.4) is 0 Å². The van der Waals surface area contributed by atoms with Gasteiger partial charge in [0.1, 0.15) is 5.82 Å². The van der Waals surface area contributed by atoms with Crippen molar-refractivity contribution in [2.75, 3.05) is 13.6 Å².